The fraction of sp³-hybridized carbons (Fsp3) is 0.143. The molecule has 0 nitrogen and oxygen atoms in total. The molecular weight excluding hydrogens is 415 g/mol. The predicted octanol–water partition coefficient (Wildman–Crippen LogP) is 6.94. The summed E-state index contributed by atoms with van der Waals surface area (Å²) >= 11 is -2.72. The Labute approximate surface area is 179 Å². The first-order chi connectivity index (χ1) is 14.3. The zero-order valence-corrected chi connectivity index (χ0v) is 19.3. The van der Waals surface area contributed by atoms with Crippen molar-refractivity contribution < 1.29 is 20.3 Å². The van der Waals surface area contributed by atoms with E-state index in [1.807, 2.05) is 0 Å². The molecule has 4 rings (SSSR count). The van der Waals surface area contributed by atoms with Crippen molar-refractivity contribution in [2.24, 2.45) is 0 Å². The average molecular weight is 443 g/mol. The molecule has 144 valence electrons. The van der Waals surface area contributed by atoms with Crippen LogP contribution in [0.2, 0.25) is 0 Å². The van der Waals surface area contributed by atoms with Crippen LogP contribution in [0.5, 0.6) is 0 Å². The Morgan fingerprint density at radius 2 is 0.517 bits per heavy atom. The first-order valence-electron chi connectivity index (χ1n) is 10.5. The van der Waals surface area contributed by atoms with Crippen molar-refractivity contribution in [3.05, 3.63) is 144 Å². The van der Waals surface area contributed by atoms with Crippen LogP contribution in [0.15, 0.2) is 121 Å². The molecule has 0 saturated heterocycles. The Balaban J connectivity index is 1.75. The van der Waals surface area contributed by atoms with E-state index in [9.17, 15) is 0 Å². The minimum atomic E-state index is -2.72. The van der Waals surface area contributed by atoms with Crippen molar-refractivity contribution in [3.63, 3.8) is 0 Å². The Bertz CT molecular complexity index is 808. The van der Waals surface area contributed by atoms with Gasteiger partial charge in [-0.25, -0.2) is 0 Å². The molecule has 0 spiro atoms. The molecule has 0 amide bonds. The van der Waals surface area contributed by atoms with Crippen molar-refractivity contribution in [1.82, 2.24) is 0 Å². The van der Waals surface area contributed by atoms with Gasteiger partial charge in [0.2, 0.25) is 0 Å². The van der Waals surface area contributed by atoms with E-state index in [0.717, 1.165) is 0 Å². The van der Waals surface area contributed by atoms with Gasteiger partial charge in [0.15, 0.2) is 0 Å². The third kappa shape index (κ3) is 5.87. The number of hydrogen-bond acceptors (Lipinski definition) is 0. The van der Waals surface area contributed by atoms with Gasteiger partial charge in [-0.3, -0.25) is 0 Å². The van der Waals surface area contributed by atoms with Crippen molar-refractivity contribution in [3.8, 4) is 0 Å². The molecule has 0 aliphatic rings. The van der Waals surface area contributed by atoms with Crippen LogP contribution in [0, 0.1) is 0 Å². The molecule has 0 N–H and O–H groups in total. The quantitative estimate of drug-likeness (QED) is 0.277. The molecule has 0 aliphatic carbocycles. The van der Waals surface area contributed by atoms with Gasteiger partial charge >= 0.3 is 180 Å². The predicted molar refractivity (Wildman–Crippen MR) is 121 cm³/mol. The Morgan fingerprint density at radius 3 is 0.724 bits per heavy atom. The van der Waals surface area contributed by atoms with E-state index in [4.69, 9.17) is 0 Å². The molecule has 0 aromatic heterocycles. The summed E-state index contributed by atoms with van der Waals surface area (Å²) in [5, 5.41) is 0. The molecule has 4 aromatic rings. The zero-order chi connectivity index (χ0) is 19.8. The van der Waals surface area contributed by atoms with Crippen LogP contribution in [0.4, 0.5) is 0 Å². The zero-order valence-electron chi connectivity index (χ0n) is 16.9. The first-order valence-corrected chi connectivity index (χ1v) is 17.4. The summed E-state index contributed by atoms with van der Waals surface area (Å²) in [5.74, 6) is 0. The summed E-state index contributed by atoms with van der Waals surface area (Å²) in [4.78, 5) is 0. The SMILES string of the molecule is c1ccc([CH2][79Zr]([CH2]c2ccccc2)([CH2]c2ccccc2)[CH2]c2ccccc2)cc1. The Morgan fingerprint density at radius 1 is 0.310 bits per heavy atom. The number of benzene rings is 4. The number of hydrogen-bond donors (Lipinski definition) is 0. The van der Waals surface area contributed by atoms with Gasteiger partial charge in [-0.1, -0.05) is 0 Å². The van der Waals surface area contributed by atoms with Gasteiger partial charge in [0.05, 0.1) is 0 Å². The molecular formula is C28H28Zr. The summed E-state index contributed by atoms with van der Waals surface area (Å²) < 4.78 is 5.09. The maximum atomic E-state index is 2.33. The number of rotatable bonds is 8. The molecule has 0 atom stereocenters. The summed E-state index contributed by atoms with van der Waals surface area (Å²) in [6.45, 7) is 0. The molecule has 0 saturated carbocycles. The molecule has 0 aliphatic heterocycles. The van der Waals surface area contributed by atoms with Gasteiger partial charge in [-0.15, -0.1) is 0 Å². The van der Waals surface area contributed by atoms with Gasteiger partial charge in [-0.2, -0.15) is 0 Å². The van der Waals surface area contributed by atoms with E-state index in [2.05, 4.69) is 121 Å². The fourth-order valence-electron chi connectivity index (χ4n) is 4.49. The van der Waals surface area contributed by atoms with Crippen molar-refractivity contribution in [2.45, 2.75) is 16.5 Å². The Hall–Kier alpha value is -2.24. The van der Waals surface area contributed by atoms with Gasteiger partial charge in [0.25, 0.3) is 0 Å². The fourth-order valence-corrected chi connectivity index (χ4v) is 17.2. The van der Waals surface area contributed by atoms with Crippen molar-refractivity contribution >= 4 is 0 Å². The molecule has 29 heavy (non-hydrogen) atoms. The molecule has 0 heterocycles. The van der Waals surface area contributed by atoms with Crippen molar-refractivity contribution in [1.29, 1.82) is 0 Å². The second-order valence-corrected chi connectivity index (χ2v) is 19.0. The van der Waals surface area contributed by atoms with E-state index < -0.39 is 20.3 Å². The summed E-state index contributed by atoms with van der Waals surface area (Å²) in [6.07, 6.45) is 0. The Kier molecular flexibility index (Phi) is 6.91. The van der Waals surface area contributed by atoms with Crippen molar-refractivity contribution in [2.75, 3.05) is 0 Å². The standard InChI is InChI=1S/4C7H7.Zr/c4*1-7-5-3-2-4-6-7;/h4*2-6H,1H2;/i;;;;1-12. The van der Waals surface area contributed by atoms with Crippen LogP contribution in [0.1, 0.15) is 22.3 Å². The summed E-state index contributed by atoms with van der Waals surface area (Å²) in [5.41, 5.74) is 6.02. The molecule has 0 unspecified atom stereocenters. The summed E-state index contributed by atoms with van der Waals surface area (Å²) in [6, 6.07) is 44.7. The van der Waals surface area contributed by atoms with Crippen LogP contribution in [0.3, 0.4) is 0 Å². The normalized spacial score (nSPS) is 11.3. The van der Waals surface area contributed by atoms with E-state index >= 15 is 0 Å². The first kappa shape index (κ1) is 20.1. The third-order valence-electron chi connectivity index (χ3n) is 5.69. The molecule has 4 aromatic carbocycles. The average Bonchev–Trinajstić information content (AvgIpc) is 2.76. The second-order valence-electron chi connectivity index (χ2n) is 8.15. The van der Waals surface area contributed by atoms with Crippen LogP contribution < -0.4 is 0 Å². The second kappa shape index (κ2) is 9.99. The minimum absolute atomic E-state index is 1.27. The van der Waals surface area contributed by atoms with E-state index in [0.29, 0.717) is 0 Å². The van der Waals surface area contributed by atoms with Crippen LogP contribution >= 0.6 is 0 Å². The van der Waals surface area contributed by atoms with E-state index in [-0.39, 0.29) is 0 Å². The molecule has 0 fully saturated rings. The molecule has 1 heteroatoms. The van der Waals surface area contributed by atoms with E-state index in [1.165, 1.54) is 38.8 Å². The van der Waals surface area contributed by atoms with Crippen LogP contribution in [-0.2, 0) is 36.8 Å². The maximum absolute atomic E-state index is 2.72. The van der Waals surface area contributed by atoms with Gasteiger partial charge in [-0.05, 0) is 0 Å². The van der Waals surface area contributed by atoms with Gasteiger partial charge in [0, 0.05) is 0 Å². The van der Waals surface area contributed by atoms with Gasteiger partial charge in [0.1, 0.15) is 0 Å². The van der Waals surface area contributed by atoms with E-state index in [1.54, 1.807) is 0 Å². The summed E-state index contributed by atoms with van der Waals surface area (Å²) in [7, 11) is 0. The van der Waals surface area contributed by atoms with Crippen LogP contribution in [0.25, 0.3) is 0 Å². The topological polar surface area (TPSA) is 0 Å². The van der Waals surface area contributed by atoms with Crippen LogP contribution in [-0.4, -0.2) is 0 Å². The monoisotopic (exact) mass is 443 g/mol. The molecule has 0 radical (unpaired) electrons. The van der Waals surface area contributed by atoms with Gasteiger partial charge < -0.3 is 0 Å². The third-order valence-corrected chi connectivity index (χ3v) is 17.1. The molecule has 0 bridgehead atoms.